The van der Waals surface area contributed by atoms with Crippen LogP contribution in [-0.4, -0.2) is 23.4 Å². The molecule has 1 aromatic rings. The number of halogens is 4. The largest absolute Gasteiger partial charge is 1.00 e. The van der Waals surface area contributed by atoms with Crippen molar-refractivity contribution in [1.82, 2.24) is 0 Å². The molecule has 2 rings (SSSR count). The number of hydrogen-bond donors (Lipinski definition) is 1. The monoisotopic (exact) mass is 326 g/mol. The number of carboxylic acid groups (broad SMARTS) is 1. The first kappa shape index (κ1) is 17.9. The Balaban J connectivity index is 0.00000220. The van der Waals surface area contributed by atoms with Gasteiger partial charge < -0.3 is 11.3 Å². The maximum atomic E-state index is 12.8. The Bertz CT molecular complexity index is 668. The van der Waals surface area contributed by atoms with Crippen molar-refractivity contribution in [3.8, 4) is 18.1 Å². The van der Waals surface area contributed by atoms with Crippen LogP contribution in [0.5, 0.6) is 5.75 Å². The van der Waals surface area contributed by atoms with E-state index in [1.54, 1.807) is 0 Å². The molecule has 1 aliphatic rings. The zero-order valence-electron chi connectivity index (χ0n) is 11.7. The zero-order valence-corrected chi connectivity index (χ0v) is 13.4. The van der Waals surface area contributed by atoms with Crippen molar-refractivity contribution in [2.45, 2.75) is 12.3 Å². The number of alkyl halides is 3. The van der Waals surface area contributed by atoms with Gasteiger partial charge in [-0.1, -0.05) is 17.5 Å². The number of aliphatic carboxylic acids is 1. The van der Waals surface area contributed by atoms with Gasteiger partial charge in [0.15, 0.2) is 0 Å². The molecule has 1 heterocycles. The minimum absolute atomic E-state index is 0. The van der Waals surface area contributed by atoms with Gasteiger partial charge in [-0.25, -0.2) is 4.79 Å². The van der Waals surface area contributed by atoms with E-state index in [2.05, 4.69) is 5.92 Å². The van der Waals surface area contributed by atoms with Crippen LogP contribution in [0.1, 0.15) is 12.6 Å². The van der Waals surface area contributed by atoms with Crippen LogP contribution in [0.2, 0.25) is 5.02 Å². The summed E-state index contributed by atoms with van der Waals surface area (Å²) in [6, 6.07) is 2.60. The molecule has 0 saturated heterocycles. The van der Waals surface area contributed by atoms with E-state index in [0.717, 1.165) is 6.08 Å². The molecule has 0 amide bonds. The van der Waals surface area contributed by atoms with Crippen LogP contribution in [0.15, 0.2) is 17.7 Å². The normalized spacial score (nSPS) is 16.7. The predicted molar refractivity (Wildman–Crippen MR) is 66.6 cm³/mol. The topological polar surface area (TPSA) is 46.5 Å². The van der Waals surface area contributed by atoms with Crippen molar-refractivity contribution < 1.29 is 58.8 Å². The molecule has 8 heteroatoms. The Kier molecular flexibility index (Phi) is 5.40. The van der Waals surface area contributed by atoms with E-state index < -0.39 is 23.8 Å². The Morgan fingerprint density at radius 3 is 2.57 bits per heavy atom. The first-order chi connectivity index (χ1) is 9.24. The summed E-state index contributed by atoms with van der Waals surface area (Å²) < 4.78 is 43.2. The van der Waals surface area contributed by atoms with Crippen LogP contribution < -0.4 is 34.3 Å². The Morgan fingerprint density at radius 1 is 1.48 bits per heavy atom. The molecule has 0 radical (unpaired) electrons. The third-order valence-electron chi connectivity index (χ3n) is 2.61. The molecule has 106 valence electrons. The van der Waals surface area contributed by atoms with Crippen LogP contribution in [0, 0.1) is 12.3 Å². The van der Waals surface area contributed by atoms with Gasteiger partial charge in [0.05, 0.1) is 10.6 Å². The number of rotatable bonds is 1. The standard InChI is InChI=1S/C13H6ClF3O3.Na.H/c1-2-6-3-7-5-8(12(18)19)11(13(15,16)17)20-10(7)9(14)4-6;;/h1,3-5,11H,(H,18,19);;/q;+1;-1/t11-;;/m0../s1. The number of carbonyl (C=O) groups is 1. The number of hydrogen-bond acceptors (Lipinski definition) is 2. The van der Waals surface area contributed by atoms with Gasteiger partial charge in [0.25, 0.3) is 0 Å². The van der Waals surface area contributed by atoms with Gasteiger partial charge >= 0.3 is 41.7 Å². The maximum Gasteiger partial charge on any atom is 1.00 e. The Morgan fingerprint density at radius 2 is 2.10 bits per heavy atom. The second-order valence-corrected chi connectivity index (χ2v) is 4.37. The third-order valence-corrected chi connectivity index (χ3v) is 2.89. The van der Waals surface area contributed by atoms with Crippen molar-refractivity contribution in [1.29, 1.82) is 0 Å². The van der Waals surface area contributed by atoms with Gasteiger partial charge in [0, 0.05) is 11.1 Å². The average Bonchev–Trinajstić information content (AvgIpc) is 2.35. The predicted octanol–water partition coefficient (Wildman–Crippen LogP) is 0.229. The second kappa shape index (κ2) is 6.32. The van der Waals surface area contributed by atoms with Crippen LogP contribution in [-0.2, 0) is 4.79 Å². The van der Waals surface area contributed by atoms with Crippen LogP contribution in [0.25, 0.3) is 6.08 Å². The maximum absolute atomic E-state index is 12.8. The SMILES string of the molecule is C#Cc1cc(Cl)c2c(c1)C=C(C(=O)O)[C@@H](C(F)(F)F)O2.[H-].[Na+]. The molecule has 1 atom stereocenters. The minimum Gasteiger partial charge on any atom is -1.00 e. The number of terminal acetylenes is 1. The first-order valence-corrected chi connectivity index (χ1v) is 5.60. The number of benzene rings is 1. The zero-order chi connectivity index (χ0) is 15.1. The van der Waals surface area contributed by atoms with E-state index in [4.69, 9.17) is 27.9 Å². The number of ether oxygens (including phenoxy) is 1. The smallest absolute Gasteiger partial charge is 1.00 e. The van der Waals surface area contributed by atoms with Crippen molar-refractivity contribution in [3.05, 3.63) is 33.9 Å². The molecule has 0 aliphatic carbocycles. The molecule has 1 N–H and O–H groups in total. The Labute approximate surface area is 146 Å². The minimum atomic E-state index is -4.87. The van der Waals surface area contributed by atoms with Gasteiger partial charge in [-0.2, -0.15) is 13.2 Å². The van der Waals surface area contributed by atoms with Gasteiger partial charge in [-0.15, -0.1) is 6.42 Å². The van der Waals surface area contributed by atoms with Crippen LogP contribution in [0.4, 0.5) is 13.2 Å². The van der Waals surface area contributed by atoms with E-state index in [1.807, 2.05) is 0 Å². The molecule has 0 bridgehead atoms. The number of fused-ring (bicyclic) bond motifs is 1. The van der Waals surface area contributed by atoms with E-state index in [9.17, 15) is 18.0 Å². The van der Waals surface area contributed by atoms with Crippen molar-refractivity contribution in [3.63, 3.8) is 0 Å². The van der Waals surface area contributed by atoms with E-state index in [0.29, 0.717) is 5.56 Å². The molecule has 0 unspecified atom stereocenters. The summed E-state index contributed by atoms with van der Waals surface area (Å²) in [6.07, 6.45) is -1.39. The van der Waals surface area contributed by atoms with Gasteiger partial charge in [0.2, 0.25) is 6.10 Å². The fourth-order valence-electron chi connectivity index (χ4n) is 1.77. The molecule has 1 aromatic carbocycles. The fourth-order valence-corrected chi connectivity index (χ4v) is 2.04. The quantitative estimate of drug-likeness (QED) is 0.594. The van der Waals surface area contributed by atoms with Crippen molar-refractivity contribution in [2.24, 2.45) is 0 Å². The van der Waals surface area contributed by atoms with E-state index >= 15 is 0 Å². The Hall–Kier alpha value is -1.13. The third kappa shape index (κ3) is 3.55. The van der Waals surface area contributed by atoms with Crippen LogP contribution in [0.3, 0.4) is 0 Å². The van der Waals surface area contributed by atoms with Crippen molar-refractivity contribution in [2.75, 3.05) is 0 Å². The van der Waals surface area contributed by atoms with E-state index in [-0.39, 0.29) is 47.3 Å². The van der Waals surface area contributed by atoms with Gasteiger partial charge in [0.1, 0.15) is 5.75 Å². The molecule has 1 aliphatic heterocycles. The van der Waals surface area contributed by atoms with E-state index in [1.165, 1.54) is 12.1 Å². The summed E-state index contributed by atoms with van der Waals surface area (Å²) >= 11 is 5.80. The number of carboxylic acids is 1. The molecule has 21 heavy (non-hydrogen) atoms. The molecular formula is C13H7ClF3NaO3. The summed E-state index contributed by atoms with van der Waals surface area (Å²) in [5.41, 5.74) is -0.512. The van der Waals surface area contributed by atoms with Crippen molar-refractivity contribution >= 4 is 23.6 Å². The summed E-state index contributed by atoms with van der Waals surface area (Å²) in [6.45, 7) is 0. The summed E-state index contributed by atoms with van der Waals surface area (Å²) in [7, 11) is 0. The molecule has 0 spiro atoms. The fraction of sp³-hybridized carbons (Fsp3) is 0.154. The van der Waals surface area contributed by atoms with Crippen LogP contribution >= 0.6 is 11.6 Å². The van der Waals surface area contributed by atoms with Gasteiger partial charge in [-0.3, -0.25) is 0 Å². The molecule has 0 aromatic heterocycles. The molecule has 0 saturated carbocycles. The summed E-state index contributed by atoms with van der Waals surface area (Å²) in [5, 5.41) is 8.77. The van der Waals surface area contributed by atoms with Gasteiger partial charge in [-0.05, 0) is 18.2 Å². The summed E-state index contributed by atoms with van der Waals surface area (Å²) in [5.74, 6) is 0.305. The first-order valence-electron chi connectivity index (χ1n) is 5.22. The molecule has 0 fully saturated rings. The molecule has 3 nitrogen and oxygen atoms in total. The average molecular weight is 327 g/mol. The molecular weight excluding hydrogens is 320 g/mol. The second-order valence-electron chi connectivity index (χ2n) is 3.97. The summed E-state index contributed by atoms with van der Waals surface area (Å²) in [4.78, 5) is 10.9.